The van der Waals surface area contributed by atoms with Gasteiger partial charge < -0.3 is 15.0 Å². The van der Waals surface area contributed by atoms with Gasteiger partial charge >= 0.3 is 0 Å². The van der Waals surface area contributed by atoms with Crippen LogP contribution < -0.4 is 15.1 Å². The summed E-state index contributed by atoms with van der Waals surface area (Å²) in [6, 6.07) is 11.5. The fraction of sp³-hybridized carbons (Fsp3) is 0.400. The number of ether oxygens (including phenoxy) is 1. The van der Waals surface area contributed by atoms with Crippen LogP contribution in [-0.4, -0.2) is 57.8 Å². The predicted molar refractivity (Wildman–Crippen MR) is 99.6 cm³/mol. The average molecular weight is 354 g/mol. The lowest BCUT2D eigenvalue weighted by Crippen LogP contribution is -3.14. The first-order valence-electron chi connectivity index (χ1n) is 9.25. The molecule has 0 aliphatic carbocycles. The van der Waals surface area contributed by atoms with Crippen molar-refractivity contribution in [1.82, 2.24) is 5.32 Å². The van der Waals surface area contributed by atoms with E-state index in [2.05, 4.69) is 5.32 Å². The average Bonchev–Trinajstić information content (AvgIpc) is 2.94. The van der Waals surface area contributed by atoms with Crippen LogP contribution in [0.2, 0.25) is 0 Å². The van der Waals surface area contributed by atoms with Gasteiger partial charge in [0.15, 0.2) is 0 Å². The number of nitrogens with zero attached hydrogens (tertiary/aromatic N) is 1. The van der Waals surface area contributed by atoms with Crippen LogP contribution in [-0.2, 0) is 9.53 Å². The number of hydrogen-bond acceptors (Lipinski definition) is 3. The molecule has 2 amide bonds. The Morgan fingerprint density at radius 2 is 1.92 bits per heavy atom. The minimum absolute atomic E-state index is 0.0665. The summed E-state index contributed by atoms with van der Waals surface area (Å²) >= 11 is 0. The lowest BCUT2D eigenvalue weighted by molar-refractivity contribution is -0.908. The number of carbonyl (C=O) groups is 2. The third-order valence-electron chi connectivity index (χ3n) is 5.18. The Balaban J connectivity index is 1.32. The Labute approximate surface area is 152 Å². The topological polar surface area (TPSA) is 63.1 Å². The number of hydrogen-bond donors (Lipinski definition) is 2. The summed E-state index contributed by atoms with van der Waals surface area (Å²) in [4.78, 5) is 28.1. The summed E-state index contributed by atoms with van der Waals surface area (Å²) in [6.07, 6.45) is 0.935. The van der Waals surface area contributed by atoms with Crippen molar-refractivity contribution in [3.8, 4) is 0 Å². The van der Waals surface area contributed by atoms with E-state index in [1.807, 2.05) is 36.4 Å². The van der Waals surface area contributed by atoms with Gasteiger partial charge in [-0.2, -0.15) is 0 Å². The number of anilines is 1. The van der Waals surface area contributed by atoms with E-state index in [0.29, 0.717) is 12.1 Å². The minimum Gasteiger partial charge on any atom is -0.370 e. The molecule has 6 nitrogen and oxygen atoms in total. The third kappa shape index (κ3) is 3.30. The zero-order valence-corrected chi connectivity index (χ0v) is 14.8. The SMILES string of the molecule is O=C(CN1C(=O)c2cccc3cccc1c23)NCCC[NH+]1CCOCC1. The molecular formula is C20H24N3O3+. The van der Waals surface area contributed by atoms with Crippen LogP contribution in [0.15, 0.2) is 36.4 Å². The molecule has 0 spiro atoms. The van der Waals surface area contributed by atoms with E-state index in [0.717, 1.165) is 55.7 Å². The molecule has 0 radical (unpaired) electrons. The van der Waals surface area contributed by atoms with Gasteiger partial charge in [-0.15, -0.1) is 0 Å². The number of benzene rings is 2. The standard InChI is InChI=1S/C20H23N3O3/c24-18(21-8-3-9-22-10-12-26-13-11-22)14-23-17-7-2-5-15-4-1-6-16(19(15)17)20(23)25/h1-2,4-7H,3,8-14H2,(H,21,24)/p+1. The van der Waals surface area contributed by atoms with Crippen molar-refractivity contribution in [3.05, 3.63) is 42.0 Å². The molecule has 2 aromatic carbocycles. The molecule has 6 heteroatoms. The van der Waals surface area contributed by atoms with Gasteiger partial charge in [0.25, 0.3) is 5.91 Å². The summed E-state index contributed by atoms with van der Waals surface area (Å²) in [7, 11) is 0. The second-order valence-corrected chi connectivity index (χ2v) is 6.89. The van der Waals surface area contributed by atoms with Crippen LogP contribution >= 0.6 is 0 Å². The molecule has 0 atom stereocenters. The predicted octanol–water partition coefficient (Wildman–Crippen LogP) is 0.221. The van der Waals surface area contributed by atoms with Crippen LogP contribution in [0, 0.1) is 0 Å². The monoisotopic (exact) mass is 354 g/mol. The molecule has 0 saturated carbocycles. The molecule has 2 N–H and O–H groups in total. The normalized spacial score (nSPS) is 17.1. The number of rotatable bonds is 6. The molecule has 2 aromatic rings. The highest BCUT2D eigenvalue weighted by Crippen LogP contribution is 2.36. The van der Waals surface area contributed by atoms with E-state index in [-0.39, 0.29) is 18.4 Å². The number of morpholine rings is 1. The molecule has 0 bridgehead atoms. The highest BCUT2D eigenvalue weighted by atomic mass is 16.5. The minimum atomic E-state index is -0.111. The van der Waals surface area contributed by atoms with E-state index < -0.39 is 0 Å². The second-order valence-electron chi connectivity index (χ2n) is 6.89. The Hall–Kier alpha value is -2.44. The summed E-state index contributed by atoms with van der Waals surface area (Å²) in [5.41, 5.74) is 1.51. The summed E-state index contributed by atoms with van der Waals surface area (Å²) < 4.78 is 5.35. The Bertz CT molecular complexity index is 825. The van der Waals surface area contributed by atoms with Gasteiger partial charge in [0, 0.05) is 23.9 Å². The van der Waals surface area contributed by atoms with E-state index in [9.17, 15) is 9.59 Å². The van der Waals surface area contributed by atoms with Crippen LogP contribution in [0.3, 0.4) is 0 Å². The van der Waals surface area contributed by atoms with Crippen molar-refractivity contribution in [1.29, 1.82) is 0 Å². The summed E-state index contributed by atoms with van der Waals surface area (Å²) in [5, 5.41) is 4.93. The molecule has 2 heterocycles. The molecule has 0 unspecified atom stereocenters. The molecule has 26 heavy (non-hydrogen) atoms. The smallest absolute Gasteiger partial charge is 0.259 e. The van der Waals surface area contributed by atoms with Crippen LogP contribution in [0.1, 0.15) is 16.8 Å². The highest BCUT2D eigenvalue weighted by molar-refractivity contribution is 6.26. The van der Waals surface area contributed by atoms with Crippen molar-refractivity contribution in [2.75, 3.05) is 50.8 Å². The quantitative estimate of drug-likeness (QED) is 0.730. The van der Waals surface area contributed by atoms with Gasteiger partial charge in [-0.05, 0) is 17.5 Å². The van der Waals surface area contributed by atoms with E-state index in [4.69, 9.17) is 4.74 Å². The van der Waals surface area contributed by atoms with Crippen molar-refractivity contribution < 1.29 is 19.2 Å². The summed E-state index contributed by atoms with van der Waals surface area (Å²) in [5.74, 6) is -0.204. The van der Waals surface area contributed by atoms with Crippen molar-refractivity contribution >= 4 is 28.3 Å². The first-order valence-corrected chi connectivity index (χ1v) is 9.25. The van der Waals surface area contributed by atoms with E-state index in [1.54, 1.807) is 4.90 Å². The maximum absolute atomic E-state index is 12.7. The number of carbonyl (C=O) groups excluding carboxylic acids is 2. The Morgan fingerprint density at radius 3 is 2.73 bits per heavy atom. The van der Waals surface area contributed by atoms with Gasteiger partial charge in [-0.3, -0.25) is 14.5 Å². The first-order chi connectivity index (χ1) is 12.7. The zero-order valence-electron chi connectivity index (χ0n) is 14.8. The number of nitrogens with one attached hydrogen (secondary N) is 2. The molecule has 136 valence electrons. The highest BCUT2D eigenvalue weighted by Gasteiger charge is 2.30. The lowest BCUT2D eigenvalue weighted by atomic mass is 10.1. The van der Waals surface area contributed by atoms with Gasteiger partial charge in [-0.25, -0.2) is 0 Å². The van der Waals surface area contributed by atoms with Crippen molar-refractivity contribution in [3.63, 3.8) is 0 Å². The fourth-order valence-corrected chi connectivity index (χ4v) is 3.81. The van der Waals surface area contributed by atoms with Gasteiger partial charge in [0.2, 0.25) is 5.91 Å². The van der Waals surface area contributed by atoms with Gasteiger partial charge in [-0.1, -0.05) is 24.3 Å². The maximum atomic E-state index is 12.7. The largest absolute Gasteiger partial charge is 0.370 e. The molecule has 2 aliphatic heterocycles. The van der Waals surface area contributed by atoms with Crippen LogP contribution in [0.25, 0.3) is 10.8 Å². The number of amides is 2. The van der Waals surface area contributed by atoms with Crippen LogP contribution in [0.5, 0.6) is 0 Å². The second kappa shape index (κ2) is 7.43. The number of quaternary nitrogens is 1. The molecule has 0 aromatic heterocycles. The molecule has 4 rings (SSSR count). The first kappa shape index (κ1) is 17.0. The van der Waals surface area contributed by atoms with E-state index in [1.165, 1.54) is 4.90 Å². The molecule has 1 fully saturated rings. The zero-order chi connectivity index (χ0) is 17.9. The Kier molecular flexibility index (Phi) is 4.86. The summed E-state index contributed by atoms with van der Waals surface area (Å²) in [6.45, 7) is 5.48. The van der Waals surface area contributed by atoms with E-state index >= 15 is 0 Å². The van der Waals surface area contributed by atoms with Crippen molar-refractivity contribution in [2.24, 2.45) is 0 Å². The van der Waals surface area contributed by atoms with Crippen LogP contribution in [0.4, 0.5) is 5.69 Å². The molecule has 2 aliphatic rings. The maximum Gasteiger partial charge on any atom is 0.259 e. The Morgan fingerprint density at radius 1 is 1.15 bits per heavy atom. The molecule has 1 saturated heterocycles. The molecular weight excluding hydrogens is 330 g/mol. The van der Waals surface area contributed by atoms with Crippen molar-refractivity contribution in [2.45, 2.75) is 6.42 Å². The van der Waals surface area contributed by atoms with Gasteiger partial charge in [0.1, 0.15) is 19.6 Å². The lowest BCUT2D eigenvalue weighted by Gasteiger charge is -2.23. The third-order valence-corrected chi connectivity index (χ3v) is 5.18. The fourth-order valence-electron chi connectivity index (χ4n) is 3.81. The van der Waals surface area contributed by atoms with Gasteiger partial charge in [0.05, 0.1) is 25.4 Å².